The van der Waals surface area contributed by atoms with Gasteiger partial charge in [0.2, 0.25) is 5.91 Å². The molecule has 0 atom stereocenters. The van der Waals surface area contributed by atoms with Crippen LogP contribution in [0.2, 0.25) is 0 Å². The van der Waals surface area contributed by atoms with Gasteiger partial charge in [-0.05, 0) is 30.0 Å². The average molecular weight is 359 g/mol. The first kappa shape index (κ1) is 16.4. The Morgan fingerprint density at radius 2 is 2.04 bits per heavy atom. The summed E-state index contributed by atoms with van der Waals surface area (Å²) in [5.74, 6) is -0.201. The molecular weight excluding hydrogens is 346 g/mol. The molecule has 1 heterocycles. The summed E-state index contributed by atoms with van der Waals surface area (Å²) in [6.07, 6.45) is 2.15. The molecule has 0 saturated carbocycles. The van der Waals surface area contributed by atoms with Gasteiger partial charge in [-0.15, -0.1) is 11.8 Å². The van der Waals surface area contributed by atoms with Crippen molar-refractivity contribution >= 4 is 50.0 Å². The van der Waals surface area contributed by atoms with Crippen LogP contribution in [0, 0.1) is 10.1 Å². The summed E-state index contributed by atoms with van der Waals surface area (Å²) in [6.45, 7) is 0. The van der Waals surface area contributed by atoms with Gasteiger partial charge in [0.25, 0.3) is 5.69 Å². The number of hydrogen-bond donors (Lipinski definition) is 1. The molecule has 6 nitrogen and oxygen atoms in total. The number of carbonyl (C=O) groups is 1. The predicted molar refractivity (Wildman–Crippen MR) is 96.8 cm³/mol. The van der Waals surface area contributed by atoms with Crippen molar-refractivity contribution in [3.8, 4) is 0 Å². The first-order chi connectivity index (χ1) is 11.5. The van der Waals surface area contributed by atoms with Crippen molar-refractivity contribution in [1.29, 1.82) is 0 Å². The number of fused-ring (bicyclic) bond motifs is 1. The molecular formula is C16H13N3O3S2. The monoisotopic (exact) mass is 359 g/mol. The number of nitro groups is 1. The summed E-state index contributed by atoms with van der Waals surface area (Å²) in [4.78, 5) is 27.8. The number of nitro benzene ring substituents is 1. The highest BCUT2D eigenvalue weighted by Gasteiger charge is 2.10. The Hall–Kier alpha value is -2.45. The van der Waals surface area contributed by atoms with E-state index in [1.807, 2.05) is 24.5 Å². The summed E-state index contributed by atoms with van der Waals surface area (Å²) in [5.41, 5.74) is 1.57. The molecule has 0 aliphatic heterocycles. The number of anilines is 1. The molecule has 1 N–H and O–H groups in total. The van der Waals surface area contributed by atoms with E-state index in [0.29, 0.717) is 10.7 Å². The van der Waals surface area contributed by atoms with Crippen LogP contribution in [-0.2, 0) is 11.2 Å². The number of carbonyl (C=O) groups excluding carboxylic acids is 1. The minimum absolute atomic E-state index is 0.00919. The van der Waals surface area contributed by atoms with Gasteiger partial charge in [-0.2, -0.15) is 0 Å². The quantitative estimate of drug-likeness (QED) is 0.421. The predicted octanol–water partition coefficient (Wildman–Crippen LogP) is 4.11. The highest BCUT2D eigenvalue weighted by atomic mass is 32.2. The van der Waals surface area contributed by atoms with E-state index in [1.54, 1.807) is 23.9 Å². The van der Waals surface area contributed by atoms with Crippen LogP contribution in [0.1, 0.15) is 5.56 Å². The largest absolute Gasteiger partial charge is 0.302 e. The fraction of sp³-hybridized carbons (Fsp3) is 0.125. The zero-order chi connectivity index (χ0) is 17.1. The van der Waals surface area contributed by atoms with Gasteiger partial charge < -0.3 is 5.32 Å². The number of nitrogens with one attached hydrogen (secondary N) is 1. The number of rotatable bonds is 5. The number of thioether (sulfide) groups is 1. The number of aromatic nitrogens is 1. The Kier molecular flexibility index (Phi) is 4.77. The number of amides is 1. The van der Waals surface area contributed by atoms with Crippen LogP contribution in [0.4, 0.5) is 10.8 Å². The topological polar surface area (TPSA) is 85.1 Å². The lowest BCUT2D eigenvalue weighted by Crippen LogP contribution is -2.14. The summed E-state index contributed by atoms with van der Waals surface area (Å²) in [7, 11) is 0. The zero-order valence-corrected chi connectivity index (χ0v) is 14.3. The van der Waals surface area contributed by atoms with E-state index in [9.17, 15) is 14.9 Å². The first-order valence-electron chi connectivity index (χ1n) is 7.03. The Morgan fingerprint density at radius 3 is 2.71 bits per heavy atom. The van der Waals surface area contributed by atoms with Crippen LogP contribution in [0.15, 0.2) is 47.4 Å². The molecule has 0 aliphatic rings. The second kappa shape index (κ2) is 6.98. The molecule has 3 rings (SSSR count). The minimum atomic E-state index is -0.464. The maximum Gasteiger partial charge on any atom is 0.269 e. The normalized spacial score (nSPS) is 10.7. The first-order valence-corrected chi connectivity index (χ1v) is 9.07. The lowest BCUT2D eigenvalue weighted by molar-refractivity contribution is -0.384. The second-order valence-electron chi connectivity index (χ2n) is 5.00. The molecule has 0 saturated heterocycles. The van der Waals surface area contributed by atoms with E-state index in [0.717, 1.165) is 15.1 Å². The molecule has 0 spiro atoms. The molecule has 122 valence electrons. The minimum Gasteiger partial charge on any atom is -0.302 e. The Balaban J connectivity index is 1.69. The number of non-ortho nitro benzene ring substituents is 1. The average Bonchev–Trinajstić information content (AvgIpc) is 2.96. The highest BCUT2D eigenvalue weighted by Crippen LogP contribution is 2.29. The van der Waals surface area contributed by atoms with E-state index in [2.05, 4.69) is 10.3 Å². The van der Waals surface area contributed by atoms with Crippen LogP contribution in [-0.4, -0.2) is 22.1 Å². The van der Waals surface area contributed by atoms with Crippen molar-refractivity contribution in [2.45, 2.75) is 11.3 Å². The molecule has 1 aromatic heterocycles. The van der Waals surface area contributed by atoms with Crippen LogP contribution in [0.25, 0.3) is 10.2 Å². The zero-order valence-electron chi connectivity index (χ0n) is 12.7. The third-order valence-electron chi connectivity index (χ3n) is 3.35. The Labute approximate surface area is 146 Å². The number of thiazole rings is 1. The molecule has 0 fully saturated rings. The van der Waals surface area contributed by atoms with Crippen molar-refractivity contribution in [3.05, 3.63) is 58.1 Å². The molecule has 2 aromatic carbocycles. The van der Waals surface area contributed by atoms with Crippen molar-refractivity contribution < 1.29 is 9.72 Å². The number of hydrogen-bond acceptors (Lipinski definition) is 6. The van der Waals surface area contributed by atoms with Gasteiger partial charge in [0.15, 0.2) is 5.13 Å². The van der Waals surface area contributed by atoms with Crippen LogP contribution < -0.4 is 5.32 Å². The molecule has 0 radical (unpaired) electrons. The van der Waals surface area contributed by atoms with Gasteiger partial charge in [-0.3, -0.25) is 14.9 Å². The lowest BCUT2D eigenvalue weighted by atomic mass is 10.1. The van der Waals surface area contributed by atoms with Crippen LogP contribution >= 0.6 is 23.1 Å². The highest BCUT2D eigenvalue weighted by molar-refractivity contribution is 7.98. The van der Waals surface area contributed by atoms with Gasteiger partial charge in [-0.1, -0.05) is 23.5 Å². The molecule has 8 heteroatoms. The van der Waals surface area contributed by atoms with Crippen molar-refractivity contribution in [2.24, 2.45) is 0 Å². The summed E-state index contributed by atoms with van der Waals surface area (Å²) in [5, 5.41) is 14.0. The lowest BCUT2D eigenvalue weighted by Gasteiger charge is -2.01. The van der Waals surface area contributed by atoms with Gasteiger partial charge in [0.1, 0.15) is 0 Å². The van der Waals surface area contributed by atoms with E-state index in [-0.39, 0.29) is 18.0 Å². The molecule has 24 heavy (non-hydrogen) atoms. The third-order valence-corrected chi connectivity index (χ3v) is 5.01. The van der Waals surface area contributed by atoms with Gasteiger partial charge in [0.05, 0.1) is 21.6 Å². The smallest absolute Gasteiger partial charge is 0.269 e. The standard InChI is InChI=1S/C16H13N3O3S2/c1-23-12-6-7-13-14(9-12)24-16(17-13)18-15(20)8-10-2-4-11(5-3-10)19(21)22/h2-7,9H,8H2,1H3,(H,17,18,20). The van der Waals surface area contributed by atoms with E-state index in [4.69, 9.17) is 0 Å². The van der Waals surface area contributed by atoms with Crippen molar-refractivity contribution in [1.82, 2.24) is 4.98 Å². The number of benzene rings is 2. The Bertz CT molecular complexity index is 907. The SMILES string of the molecule is CSc1ccc2nc(NC(=O)Cc3ccc([N+](=O)[O-])cc3)sc2c1. The molecule has 0 unspecified atom stereocenters. The van der Waals surface area contributed by atoms with E-state index in [1.165, 1.54) is 23.5 Å². The fourth-order valence-corrected chi connectivity index (χ4v) is 3.61. The second-order valence-corrected chi connectivity index (χ2v) is 6.91. The summed E-state index contributed by atoms with van der Waals surface area (Å²) in [6, 6.07) is 11.9. The third kappa shape index (κ3) is 3.72. The fourth-order valence-electron chi connectivity index (χ4n) is 2.17. The maximum atomic E-state index is 12.1. The Morgan fingerprint density at radius 1 is 1.29 bits per heavy atom. The summed E-state index contributed by atoms with van der Waals surface area (Å²) < 4.78 is 1.02. The van der Waals surface area contributed by atoms with E-state index >= 15 is 0 Å². The van der Waals surface area contributed by atoms with Crippen LogP contribution in [0.3, 0.4) is 0 Å². The molecule has 3 aromatic rings. The molecule has 0 aliphatic carbocycles. The van der Waals surface area contributed by atoms with Crippen LogP contribution in [0.5, 0.6) is 0 Å². The van der Waals surface area contributed by atoms with Gasteiger partial charge in [-0.25, -0.2) is 4.98 Å². The van der Waals surface area contributed by atoms with Crippen molar-refractivity contribution in [3.63, 3.8) is 0 Å². The number of nitrogens with zero attached hydrogens (tertiary/aromatic N) is 2. The molecule has 0 bridgehead atoms. The van der Waals surface area contributed by atoms with Gasteiger partial charge in [0, 0.05) is 17.0 Å². The maximum absolute atomic E-state index is 12.1. The van der Waals surface area contributed by atoms with Gasteiger partial charge >= 0.3 is 0 Å². The van der Waals surface area contributed by atoms with E-state index < -0.39 is 4.92 Å². The van der Waals surface area contributed by atoms with Crippen molar-refractivity contribution in [2.75, 3.05) is 11.6 Å². The molecule has 1 amide bonds. The summed E-state index contributed by atoms with van der Waals surface area (Å²) >= 11 is 3.08.